The molecule has 2 rings (SSSR count). The summed E-state index contributed by atoms with van der Waals surface area (Å²) in [4.78, 5) is 17.1. The number of nitrogens with zero attached hydrogens (tertiary/aromatic N) is 2. The van der Waals surface area contributed by atoms with E-state index in [0.29, 0.717) is 12.2 Å². The van der Waals surface area contributed by atoms with Crippen LogP contribution in [0.25, 0.3) is 0 Å². The highest BCUT2D eigenvalue weighted by Crippen LogP contribution is 2.17. The lowest BCUT2D eigenvalue weighted by atomic mass is 10.1. The Hall–Kier alpha value is -1.62. The minimum atomic E-state index is -0.363. The Morgan fingerprint density at radius 1 is 1.20 bits per heavy atom. The van der Waals surface area contributed by atoms with Crippen LogP contribution in [0.5, 0.6) is 0 Å². The molecule has 0 spiro atoms. The molecule has 0 radical (unpaired) electrons. The third-order valence-electron chi connectivity index (χ3n) is 3.80. The molecule has 0 saturated carbocycles. The Labute approximate surface area is 120 Å². The standard InChI is InChI=1S/C15H24N4O/c16-14-11-13(7-8-17-15(14)18-12-20)19-9-5-3-1-2-4-6-10-19/h7-8,11-12,14H,1-6,9-10,16H2,(H,17,18,20). The molecule has 20 heavy (non-hydrogen) atoms. The molecule has 1 unspecified atom stereocenters. The van der Waals surface area contributed by atoms with Crippen LogP contribution in [0.4, 0.5) is 0 Å². The van der Waals surface area contributed by atoms with Gasteiger partial charge in [0.2, 0.25) is 6.41 Å². The fourth-order valence-electron chi connectivity index (χ4n) is 2.69. The fraction of sp³-hybridized carbons (Fsp3) is 0.600. The van der Waals surface area contributed by atoms with Crippen LogP contribution in [0, 0.1) is 0 Å². The Bertz CT molecular complexity index is 404. The Kier molecular flexibility index (Phi) is 5.80. The number of carbonyl (C=O) groups excluding carboxylic acids is 1. The average molecular weight is 276 g/mol. The SMILES string of the molecule is NC1C=C(N2CCCCCCCC2)C=CN=C1NC=O. The van der Waals surface area contributed by atoms with E-state index in [0.717, 1.165) is 18.8 Å². The number of aliphatic imine (C=N–C) groups is 1. The molecule has 5 heteroatoms. The van der Waals surface area contributed by atoms with Crippen molar-refractivity contribution in [3.05, 3.63) is 24.0 Å². The first-order valence-corrected chi connectivity index (χ1v) is 7.48. The Balaban J connectivity index is 2.06. The maximum absolute atomic E-state index is 10.5. The van der Waals surface area contributed by atoms with Gasteiger partial charge in [0.25, 0.3) is 0 Å². The summed E-state index contributed by atoms with van der Waals surface area (Å²) in [6, 6.07) is -0.363. The van der Waals surface area contributed by atoms with Crippen LogP contribution in [-0.4, -0.2) is 36.3 Å². The molecule has 1 amide bonds. The van der Waals surface area contributed by atoms with E-state index in [1.54, 1.807) is 6.20 Å². The first kappa shape index (κ1) is 14.8. The van der Waals surface area contributed by atoms with Gasteiger partial charge in [-0.05, 0) is 25.0 Å². The third-order valence-corrected chi connectivity index (χ3v) is 3.80. The molecule has 2 aliphatic rings. The van der Waals surface area contributed by atoms with Crippen molar-refractivity contribution in [3.8, 4) is 0 Å². The highest BCUT2D eigenvalue weighted by Gasteiger charge is 2.15. The highest BCUT2D eigenvalue weighted by atomic mass is 16.1. The minimum absolute atomic E-state index is 0.363. The molecule has 0 aromatic rings. The summed E-state index contributed by atoms with van der Waals surface area (Å²) >= 11 is 0. The van der Waals surface area contributed by atoms with Gasteiger partial charge >= 0.3 is 0 Å². The average Bonchev–Trinajstić information content (AvgIpc) is 2.55. The number of hydrogen-bond acceptors (Lipinski definition) is 4. The van der Waals surface area contributed by atoms with Gasteiger partial charge in [0, 0.05) is 25.0 Å². The van der Waals surface area contributed by atoms with E-state index in [2.05, 4.69) is 15.2 Å². The molecule has 0 aromatic heterocycles. The minimum Gasteiger partial charge on any atom is -0.372 e. The predicted octanol–water partition coefficient (Wildman–Crippen LogP) is 1.53. The number of amides is 1. The summed E-state index contributed by atoms with van der Waals surface area (Å²) in [5.74, 6) is 0.496. The van der Waals surface area contributed by atoms with Gasteiger partial charge in [-0.3, -0.25) is 4.79 Å². The molecule has 5 nitrogen and oxygen atoms in total. The summed E-state index contributed by atoms with van der Waals surface area (Å²) in [6.07, 6.45) is 14.0. The normalized spacial score (nSPS) is 24.6. The van der Waals surface area contributed by atoms with Crippen molar-refractivity contribution in [2.75, 3.05) is 13.1 Å². The zero-order valence-corrected chi connectivity index (χ0v) is 11.9. The molecule has 2 aliphatic heterocycles. The molecule has 110 valence electrons. The molecule has 0 aromatic carbocycles. The van der Waals surface area contributed by atoms with Crippen molar-refractivity contribution < 1.29 is 4.79 Å². The number of allylic oxidation sites excluding steroid dienone is 1. The van der Waals surface area contributed by atoms with Crippen molar-refractivity contribution in [2.45, 2.75) is 44.6 Å². The second-order valence-electron chi connectivity index (χ2n) is 5.32. The number of nitrogens with one attached hydrogen (secondary N) is 1. The van der Waals surface area contributed by atoms with Gasteiger partial charge in [-0.1, -0.05) is 25.7 Å². The maximum Gasteiger partial charge on any atom is 0.212 e. The van der Waals surface area contributed by atoms with Crippen LogP contribution in [0.15, 0.2) is 29.0 Å². The molecular weight excluding hydrogens is 252 g/mol. The molecule has 1 fully saturated rings. The van der Waals surface area contributed by atoms with Gasteiger partial charge in [0.1, 0.15) is 5.84 Å². The van der Waals surface area contributed by atoms with E-state index >= 15 is 0 Å². The van der Waals surface area contributed by atoms with Gasteiger partial charge < -0.3 is 16.0 Å². The lowest BCUT2D eigenvalue weighted by molar-refractivity contribution is -0.108. The van der Waals surface area contributed by atoms with E-state index in [4.69, 9.17) is 5.73 Å². The first-order chi connectivity index (χ1) is 9.81. The van der Waals surface area contributed by atoms with Crippen LogP contribution < -0.4 is 11.1 Å². The summed E-state index contributed by atoms with van der Waals surface area (Å²) in [6.45, 7) is 2.14. The number of nitrogens with two attached hydrogens (primary N) is 1. The van der Waals surface area contributed by atoms with Gasteiger partial charge in [-0.25, -0.2) is 4.99 Å². The monoisotopic (exact) mass is 276 g/mol. The lowest BCUT2D eigenvalue weighted by Gasteiger charge is -2.25. The van der Waals surface area contributed by atoms with Gasteiger partial charge in [-0.15, -0.1) is 0 Å². The summed E-state index contributed by atoms with van der Waals surface area (Å²) in [5.41, 5.74) is 7.18. The lowest BCUT2D eigenvalue weighted by Crippen LogP contribution is -2.39. The van der Waals surface area contributed by atoms with Crippen LogP contribution >= 0.6 is 0 Å². The summed E-state index contributed by atoms with van der Waals surface area (Å²) < 4.78 is 0. The number of amidine groups is 1. The topological polar surface area (TPSA) is 70.7 Å². The molecular formula is C15H24N4O. The van der Waals surface area contributed by atoms with E-state index in [1.807, 2.05) is 12.2 Å². The molecule has 2 heterocycles. The van der Waals surface area contributed by atoms with Gasteiger partial charge in [0.15, 0.2) is 0 Å². The van der Waals surface area contributed by atoms with E-state index in [9.17, 15) is 4.79 Å². The Morgan fingerprint density at radius 3 is 2.50 bits per heavy atom. The third kappa shape index (κ3) is 4.20. The van der Waals surface area contributed by atoms with E-state index in [1.165, 1.54) is 38.5 Å². The van der Waals surface area contributed by atoms with E-state index in [-0.39, 0.29) is 6.04 Å². The largest absolute Gasteiger partial charge is 0.372 e. The molecule has 0 aliphatic carbocycles. The quantitative estimate of drug-likeness (QED) is 0.751. The second-order valence-corrected chi connectivity index (χ2v) is 5.32. The van der Waals surface area contributed by atoms with Crippen molar-refractivity contribution in [3.63, 3.8) is 0 Å². The van der Waals surface area contributed by atoms with E-state index < -0.39 is 0 Å². The fourth-order valence-corrected chi connectivity index (χ4v) is 2.69. The highest BCUT2D eigenvalue weighted by molar-refractivity contribution is 5.96. The number of carbonyl (C=O) groups is 1. The maximum atomic E-state index is 10.5. The smallest absolute Gasteiger partial charge is 0.212 e. The zero-order valence-electron chi connectivity index (χ0n) is 11.9. The van der Waals surface area contributed by atoms with Crippen molar-refractivity contribution in [1.82, 2.24) is 10.2 Å². The first-order valence-electron chi connectivity index (χ1n) is 7.48. The molecule has 1 atom stereocenters. The van der Waals surface area contributed by atoms with Crippen molar-refractivity contribution in [1.29, 1.82) is 0 Å². The van der Waals surface area contributed by atoms with Gasteiger partial charge in [0.05, 0.1) is 6.04 Å². The van der Waals surface area contributed by atoms with Crippen LogP contribution in [0.2, 0.25) is 0 Å². The predicted molar refractivity (Wildman–Crippen MR) is 81.1 cm³/mol. The molecule has 3 N–H and O–H groups in total. The molecule has 1 saturated heterocycles. The van der Waals surface area contributed by atoms with Crippen LogP contribution in [0.1, 0.15) is 38.5 Å². The summed E-state index contributed by atoms with van der Waals surface area (Å²) in [5, 5.41) is 2.56. The van der Waals surface area contributed by atoms with Crippen molar-refractivity contribution in [2.24, 2.45) is 10.7 Å². The van der Waals surface area contributed by atoms with Crippen LogP contribution in [-0.2, 0) is 4.79 Å². The summed E-state index contributed by atoms with van der Waals surface area (Å²) in [7, 11) is 0. The number of hydrogen-bond donors (Lipinski definition) is 2. The van der Waals surface area contributed by atoms with Crippen LogP contribution in [0.3, 0.4) is 0 Å². The second kappa shape index (κ2) is 7.85. The zero-order chi connectivity index (χ0) is 14.2. The molecule has 0 bridgehead atoms. The van der Waals surface area contributed by atoms with Gasteiger partial charge in [-0.2, -0.15) is 0 Å². The Morgan fingerprint density at radius 2 is 1.85 bits per heavy atom. The van der Waals surface area contributed by atoms with Crippen molar-refractivity contribution >= 4 is 12.2 Å². The number of rotatable bonds is 2.